The van der Waals surface area contributed by atoms with Crippen molar-refractivity contribution in [1.29, 1.82) is 0 Å². The van der Waals surface area contributed by atoms with Gasteiger partial charge in [-0.15, -0.1) is 0 Å². The monoisotopic (exact) mass is 177 g/mol. The highest BCUT2D eigenvalue weighted by atomic mass is 16.5. The molecule has 0 aromatic heterocycles. The Morgan fingerprint density at radius 3 is 2.69 bits per heavy atom. The van der Waals surface area contributed by atoms with Crippen LogP contribution in [0, 0.1) is 0 Å². The summed E-state index contributed by atoms with van der Waals surface area (Å²) in [7, 11) is 0. The Balaban J connectivity index is 1.61. The standard InChI is InChI=1S/C11H15NO/c1-2-4-10(5-3-1)8-13-9-12-11-6-7-11/h1-5,11-12H,6-9H2. The fraction of sp³-hybridized carbons (Fsp3) is 0.455. The third-order valence-electron chi connectivity index (χ3n) is 2.16. The minimum atomic E-state index is 0.680. The maximum absolute atomic E-state index is 5.46. The molecule has 13 heavy (non-hydrogen) atoms. The zero-order valence-corrected chi connectivity index (χ0v) is 7.70. The van der Waals surface area contributed by atoms with Crippen molar-refractivity contribution in [2.45, 2.75) is 25.5 Å². The summed E-state index contributed by atoms with van der Waals surface area (Å²) in [5.41, 5.74) is 1.24. The molecular weight excluding hydrogens is 162 g/mol. The highest BCUT2D eigenvalue weighted by molar-refractivity contribution is 5.13. The van der Waals surface area contributed by atoms with E-state index in [4.69, 9.17) is 4.74 Å². The van der Waals surface area contributed by atoms with Gasteiger partial charge in [0.2, 0.25) is 0 Å². The average molecular weight is 177 g/mol. The lowest BCUT2D eigenvalue weighted by Gasteiger charge is -2.04. The average Bonchev–Trinajstić information content (AvgIpc) is 2.98. The van der Waals surface area contributed by atoms with Crippen molar-refractivity contribution in [3.05, 3.63) is 35.9 Å². The van der Waals surface area contributed by atoms with Gasteiger partial charge in [0.25, 0.3) is 0 Å². The quantitative estimate of drug-likeness (QED) is 0.548. The van der Waals surface area contributed by atoms with Gasteiger partial charge in [0.1, 0.15) is 0 Å². The van der Waals surface area contributed by atoms with Gasteiger partial charge in [-0.2, -0.15) is 0 Å². The first-order valence-corrected chi connectivity index (χ1v) is 4.80. The lowest BCUT2D eigenvalue weighted by atomic mass is 10.2. The van der Waals surface area contributed by atoms with Crippen molar-refractivity contribution in [2.24, 2.45) is 0 Å². The minimum absolute atomic E-state index is 0.680. The smallest absolute Gasteiger partial charge is 0.0971 e. The first-order chi connectivity index (χ1) is 6.45. The van der Waals surface area contributed by atoms with E-state index < -0.39 is 0 Å². The number of nitrogens with one attached hydrogen (secondary N) is 1. The number of hydrogen-bond acceptors (Lipinski definition) is 2. The van der Waals surface area contributed by atoms with Gasteiger partial charge in [-0.3, -0.25) is 5.32 Å². The van der Waals surface area contributed by atoms with Gasteiger partial charge in [0, 0.05) is 6.04 Å². The number of ether oxygens (including phenoxy) is 1. The second-order valence-corrected chi connectivity index (χ2v) is 3.46. The first-order valence-electron chi connectivity index (χ1n) is 4.80. The van der Waals surface area contributed by atoms with E-state index in [-0.39, 0.29) is 0 Å². The molecule has 1 N–H and O–H groups in total. The molecule has 1 aliphatic rings. The van der Waals surface area contributed by atoms with Crippen molar-refractivity contribution in [1.82, 2.24) is 5.32 Å². The molecule has 0 bridgehead atoms. The summed E-state index contributed by atoms with van der Waals surface area (Å²) in [5, 5.41) is 3.30. The predicted molar refractivity (Wildman–Crippen MR) is 52.3 cm³/mol. The molecule has 1 aromatic rings. The van der Waals surface area contributed by atoms with Gasteiger partial charge in [-0.1, -0.05) is 30.3 Å². The Hall–Kier alpha value is -0.860. The maximum Gasteiger partial charge on any atom is 0.0971 e. The van der Waals surface area contributed by atoms with Gasteiger partial charge in [0.15, 0.2) is 0 Å². The molecule has 0 unspecified atom stereocenters. The molecule has 0 spiro atoms. The van der Waals surface area contributed by atoms with Gasteiger partial charge in [-0.05, 0) is 18.4 Å². The van der Waals surface area contributed by atoms with Gasteiger partial charge in [-0.25, -0.2) is 0 Å². The molecule has 2 heteroatoms. The van der Waals surface area contributed by atoms with Crippen LogP contribution in [-0.4, -0.2) is 12.8 Å². The van der Waals surface area contributed by atoms with Crippen LogP contribution in [-0.2, 0) is 11.3 Å². The van der Waals surface area contributed by atoms with Crippen molar-refractivity contribution in [3.8, 4) is 0 Å². The normalized spacial score (nSPS) is 16.0. The van der Waals surface area contributed by atoms with E-state index in [1.165, 1.54) is 18.4 Å². The second-order valence-electron chi connectivity index (χ2n) is 3.46. The summed E-state index contributed by atoms with van der Waals surface area (Å²) in [6.45, 7) is 1.39. The van der Waals surface area contributed by atoms with Crippen LogP contribution in [0.4, 0.5) is 0 Å². The van der Waals surface area contributed by atoms with Crippen molar-refractivity contribution < 1.29 is 4.74 Å². The summed E-state index contributed by atoms with van der Waals surface area (Å²) in [4.78, 5) is 0. The van der Waals surface area contributed by atoms with Gasteiger partial charge < -0.3 is 4.74 Å². The summed E-state index contributed by atoms with van der Waals surface area (Å²) in [6, 6.07) is 11.0. The predicted octanol–water partition coefficient (Wildman–Crippen LogP) is 1.91. The van der Waals surface area contributed by atoms with Crippen molar-refractivity contribution in [3.63, 3.8) is 0 Å². The molecule has 1 aromatic carbocycles. The van der Waals surface area contributed by atoms with E-state index in [9.17, 15) is 0 Å². The van der Waals surface area contributed by atoms with E-state index in [0.29, 0.717) is 13.3 Å². The largest absolute Gasteiger partial charge is 0.362 e. The number of hydrogen-bond donors (Lipinski definition) is 1. The molecule has 0 atom stereocenters. The van der Waals surface area contributed by atoms with Gasteiger partial charge >= 0.3 is 0 Å². The molecule has 1 aliphatic carbocycles. The third kappa shape index (κ3) is 3.17. The minimum Gasteiger partial charge on any atom is -0.362 e. The number of rotatable bonds is 5. The third-order valence-corrected chi connectivity index (χ3v) is 2.16. The molecule has 0 heterocycles. The molecule has 0 saturated heterocycles. The van der Waals surface area contributed by atoms with Crippen LogP contribution in [0.1, 0.15) is 18.4 Å². The summed E-state index contributed by atoms with van der Waals surface area (Å²) in [6.07, 6.45) is 2.63. The van der Waals surface area contributed by atoms with Crippen LogP contribution in [0.5, 0.6) is 0 Å². The molecule has 0 amide bonds. The van der Waals surface area contributed by atoms with Crippen LogP contribution in [0.25, 0.3) is 0 Å². The Labute approximate surface area is 78.9 Å². The first kappa shape index (κ1) is 8.73. The summed E-state index contributed by atoms with van der Waals surface area (Å²) >= 11 is 0. The Bertz CT molecular complexity index is 244. The fourth-order valence-electron chi connectivity index (χ4n) is 1.21. The molecule has 0 radical (unpaired) electrons. The highest BCUT2D eigenvalue weighted by Crippen LogP contribution is 2.18. The van der Waals surface area contributed by atoms with E-state index in [1.807, 2.05) is 18.2 Å². The van der Waals surface area contributed by atoms with Crippen molar-refractivity contribution in [2.75, 3.05) is 6.73 Å². The van der Waals surface area contributed by atoms with Crippen LogP contribution in [0.15, 0.2) is 30.3 Å². The van der Waals surface area contributed by atoms with E-state index >= 15 is 0 Å². The second kappa shape index (κ2) is 4.40. The molecule has 2 nitrogen and oxygen atoms in total. The summed E-state index contributed by atoms with van der Waals surface area (Å²) < 4.78 is 5.46. The number of benzene rings is 1. The van der Waals surface area contributed by atoms with Crippen molar-refractivity contribution >= 4 is 0 Å². The highest BCUT2D eigenvalue weighted by Gasteiger charge is 2.19. The SMILES string of the molecule is c1ccc(COCNC2CC2)cc1. The Morgan fingerprint density at radius 1 is 1.23 bits per heavy atom. The summed E-state index contributed by atoms with van der Waals surface area (Å²) in [5.74, 6) is 0. The Morgan fingerprint density at radius 2 is 2.00 bits per heavy atom. The molecular formula is C11H15NO. The topological polar surface area (TPSA) is 21.3 Å². The molecule has 2 rings (SSSR count). The van der Waals surface area contributed by atoms with E-state index in [0.717, 1.165) is 6.04 Å². The Kier molecular flexibility index (Phi) is 2.95. The fourth-order valence-corrected chi connectivity index (χ4v) is 1.21. The van der Waals surface area contributed by atoms with Crippen LogP contribution in [0.2, 0.25) is 0 Å². The maximum atomic E-state index is 5.46. The van der Waals surface area contributed by atoms with Crippen LogP contribution in [0.3, 0.4) is 0 Å². The zero-order chi connectivity index (χ0) is 8.93. The zero-order valence-electron chi connectivity index (χ0n) is 7.70. The van der Waals surface area contributed by atoms with Gasteiger partial charge in [0.05, 0.1) is 13.3 Å². The van der Waals surface area contributed by atoms with E-state index in [2.05, 4.69) is 17.4 Å². The molecule has 0 aliphatic heterocycles. The van der Waals surface area contributed by atoms with Crippen LogP contribution >= 0.6 is 0 Å². The van der Waals surface area contributed by atoms with E-state index in [1.54, 1.807) is 0 Å². The lowest BCUT2D eigenvalue weighted by molar-refractivity contribution is 0.102. The molecule has 1 saturated carbocycles. The molecule has 70 valence electrons. The van der Waals surface area contributed by atoms with Crippen LogP contribution < -0.4 is 5.32 Å². The molecule has 1 fully saturated rings. The lowest BCUT2D eigenvalue weighted by Crippen LogP contribution is -2.19.